The molecule has 1 rings (SSSR count). The van der Waals surface area contributed by atoms with Gasteiger partial charge in [-0.05, 0) is 18.6 Å². The molecular weight excluding hydrogens is 270 g/mol. The molecule has 0 aromatic heterocycles. The summed E-state index contributed by atoms with van der Waals surface area (Å²) < 4.78 is 51.4. The zero-order chi connectivity index (χ0) is 13.9. The lowest BCUT2D eigenvalue weighted by Gasteiger charge is -2.16. The molecule has 0 radical (unpaired) electrons. The zero-order valence-electron chi connectivity index (χ0n) is 9.82. The minimum absolute atomic E-state index is 0.178. The van der Waals surface area contributed by atoms with Crippen LogP contribution in [0.5, 0.6) is 0 Å². The van der Waals surface area contributed by atoms with Gasteiger partial charge in [-0.25, -0.2) is 4.39 Å². The van der Waals surface area contributed by atoms with Crippen LogP contribution in [0, 0.1) is 5.82 Å². The quantitative estimate of drug-likeness (QED) is 0.797. The summed E-state index contributed by atoms with van der Waals surface area (Å²) in [7, 11) is 0. The van der Waals surface area contributed by atoms with Crippen LogP contribution in [-0.4, -0.2) is 0 Å². The maximum Gasteiger partial charge on any atom is 0.416 e. The molecule has 2 N–H and O–H groups in total. The fourth-order valence-electron chi connectivity index (χ4n) is 1.62. The van der Waals surface area contributed by atoms with Crippen LogP contribution in [0.4, 0.5) is 17.6 Å². The van der Waals surface area contributed by atoms with Crippen LogP contribution < -0.4 is 5.73 Å². The SMILES string of the molecule is CCCC[C@@H](N)c1cc(C(F)(F)F)cc(Cl)c1F. The summed E-state index contributed by atoms with van der Waals surface area (Å²) in [5.74, 6) is -0.867. The summed E-state index contributed by atoms with van der Waals surface area (Å²) in [5, 5.41) is -0.549. The summed E-state index contributed by atoms with van der Waals surface area (Å²) in [6, 6.07) is 0.541. The second kappa shape index (κ2) is 5.89. The average Bonchev–Trinajstić information content (AvgIpc) is 2.27. The van der Waals surface area contributed by atoms with Crippen molar-refractivity contribution in [1.29, 1.82) is 0 Å². The van der Waals surface area contributed by atoms with Gasteiger partial charge in [0.1, 0.15) is 5.82 Å². The van der Waals surface area contributed by atoms with Crippen molar-refractivity contribution >= 4 is 11.6 Å². The highest BCUT2D eigenvalue weighted by Gasteiger charge is 2.32. The van der Waals surface area contributed by atoms with E-state index in [0.29, 0.717) is 18.9 Å². The van der Waals surface area contributed by atoms with Crippen LogP contribution in [0.15, 0.2) is 12.1 Å². The fourth-order valence-corrected chi connectivity index (χ4v) is 1.85. The number of hydrogen-bond donors (Lipinski definition) is 1. The number of halogens is 5. The van der Waals surface area contributed by atoms with Gasteiger partial charge in [0.05, 0.1) is 10.6 Å². The normalized spacial score (nSPS) is 13.7. The minimum Gasteiger partial charge on any atom is -0.324 e. The Bertz CT molecular complexity index is 417. The van der Waals surface area contributed by atoms with E-state index in [0.717, 1.165) is 12.5 Å². The van der Waals surface area contributed by atoms with Gasteiger partial charge in [-0.2, -0.15) is 13.2 Å². The van der Waals surface area contributed by atoms with E-state index in [9.17, 15) is 17.6 Å². The molecular formula is C12H14ClF4N. The van der Waals surface area contributed by atoms with E-state index >= 15 is 0 Å². The molecule has 0 amide bonds. The van der Waals surface area contributed by atoms with E-state index in [-0.39, 0.29) is 5.56 Å². The highest BCUT2D eigenvalue weighted by Crippen LogP contribution is 2.35. The molecule has 1 aromatic rings. The third-order valence-corrected chi connectivity index (χ3v) is 2.93. The Kier molecular flexibility index (Phi) is 4.99. The zero-order valence-corrected chi connectivity index (χ0v) is 10.6. The maximum absolute atomic E-state index is 13.7. The lowest BCUT2D eigenvalue weighted by atomic mass is 9.99. The summed E-state index contributed by atoms with van der Waals surface area (Å²) in [6.07, 6.45) is -2.59. The van der Waals surface area contributed by atoms with E-state index in [4.69, 9.17) is 17.3 Å². The molecule has 18 heavy (non-hydrogen) atoms. The summed E-state index contributed by atoms with van der Waals surface area (Å²) >= 11 is 5.47. The Hall–Kier alpha value is -0.810. The van der Waals surface area contributed by atoms with Gasteiger partial charge in [0.25, 0.3) is 0 Å². The lowest BCUT2D eigenvalue weighted by Crippen LogP contribution is -2.15. The van der Waals surface area contributed by atoms with Crippen molar-refractivity contribution in [2.45, 2.75) is 38.4 Å². The van der Waals surface area contributed by atoms with Crippen LogP contribution in [0.3, 0.4) is 0 Å². The first-order chi connectivity index (χ1) is 8.27. The monoisotopic (exact) mass is 283 g/mol. The molecule has 0 aliphatic heterocycles. The van der Waals surface area contributed by atoms with Crippen molar-refractivity contribution in [3.8, 4) is 0 Å². The van der Waals surface area contributed by atoms with Gasteiger partial charge in [0.15, 0.2) is 0 Å². The molecule has 0 saturated carbocycles. The van der Waals surface area contributed by atoms with Gasteiger partial charge < -0.3 is 5.73 Å². The molecule has 6 heteroatoms. The molecule has 0 fully saturated rings. The second-order valence-electron chi connectivity index (χ2n) is 4.11. The number of benzene rings is 1. The Balaban J connectivity index is 3.14. The Morgan fingerprint density at radius 2 is 1.94 bits per heavy atom. The van der Waals surface area contributed by atoms with Crippen molar-refractivity contribution in [3.05, 3.63) is 34.1 Å². The first-order valence-electron chi connectivity index (χ1n) is 5.59. The largest absolute Gasteiger partial charge is 0.416 e. The van der Waals surface area contributed by atoms with Crippen LogP contribution in [0.2, 0.25) is 5.02 Å². The van der Waals surface area contributed by atoms with E-state index < -0.39 is 28.6 Å². The predicted molar refractivity (Wildman–Crippen MR) is 62.9 cm³/mol. The van der Waals surface area contributed by atoms with Gasteiger partial charge in [0, 0.05) is 11.6 Å². The van der Waals surface area contributed by atoms with Crippen molar-refractivity contribution in [1.82, 2.24) is 0 Å². The third kappa shape index (κ3) is 3.59. The van der Waals surface area contributed by atoms with E-state index in [1.165, 1.54) is 0 Å². The molecule has 0 saturated heterocycles. The van der Waals surface area contributed by atoms with Gasteiger partial charge >= 0.3 is 6.18 Å². The van der Waals surface area contributed by atoms with E-state index in [2.05, 4.69) is 0 Å². The van der Waals surface area contributed by atoms with Gasteiger partial charge in [0.2, 0.25) is 0 Å². The molecule has 0 unspecified atom stereocenters. The molecule has 1 nitrogen and oxygen atoms in total. The third-order valence-electron chi connectivity index (χ3n) is 2.65. The molecule has 0 heterocycles. The fraction of sp³-hybridized carbons (Fsp3) is 0.500. The van der Waals surface area contributed by atoms with Crippen LogP contribution in [-0.2, 0) is 6.18 Å². The molecule has 102 valence electrons. The number of hydrogen-bond acceptors (Lipinski definition) is 1. The Morgan fingerprint density at radius 1 is 1.33 bits per heavy atom. The highest BCUT2D eigenvalue weighted by molar-refractivity contribution is 6.30. The van der Waals surface area contributed by atoms with Crippen molar-refractivity contribution in [2.24, 2.45) is 5.73 Å². The predicted octanol–water partition coefficient (Wildman–Crippen LogP) is 4.69. The molecule has 1 atom stereocenters. The average molecular weight is 284 g/mol. The second-order valence-corrected chi connectivity index (χ2v) is 4.51. The maximum atomic E-state index is 13.7. The molecule has 0 bridgehead atoms. The lowest BCUT2D eigenvalue weighted by molar-refractivity contribution is -0.137. The van der Waals surface area contributed by atoms with Crippen molar-refractivity contribution in [3.63, 3.8) is 0 Å². The van der Waals surface area contributed by atoms with Crippen LogP contribution >= 0.6 is 11.6 Å². The number of alkyl halides is 3. The first kappa shape index (κ1) is 15.2. The number of rotatable bonds is 4. The number of nitrogens with two attached hydrogens (primary N) is 1. The minimum atomic E-state index is -4.56. The molecule has 1 aromatic carbocycles. The molecule has 0 spiro atoms. The van der Waals surface area contributed by atoms with Crippen LogP contribution in [0.1, 0.15) is 43.4 Å². The summed E-state index contributed by atoms with van der Waals surface area (Å²) in [6.45, 7) is 1.92. The van der Waals surface area contributed by atoms with Gasteiger partial charge in [-0.1, -0.05) is 31.4 Å². The Labute approximate surface area is 108 Å². The first-order valence-corrected chi connectivity index (χ1v) is 5.96. The Morgan fingerprint density at radius 3 is 2.44 bits per heavy atom. The van der Waals surface area contributed by atoms with E-state index in [1.54, 1.807) is 0 Å². The number of unbranched alkanes of at least 4 members (excludes halogenated alkanes) is 1. The van der Waals surface area contributed by atoms with Crippen LogP contribution in [0.25, 0.3) is 0 Å². The van der Waals surface area contributed by atoms with E-state index in [1.807, 2.05) is 6.92 Å². The van der Waals surface area contributed by atoms with Crippen molar-refractivity contribution < 1.29 is 17.6 Å². The summed E-state index contributed by atoms with van der Waals surface area (Å²) in [5.41, 5.74) is 4.54. The molecule has 0 aliphatic rings. The molecule has 0 aliphatic carbocycles. The highest BCUT2D eigenvalue weighted by atomic mass is 35.5. The van der Waals surface area contributed by atoms with Gasteiger partial charge in [-0.15, -0.1) is 0 Å². The smallest absolute Gasteiger partial charge is 0.324 e. The van der Waals surface area contributed by atoms with Crippen molar-refractivity contribution in [2.75, 3.05) is 0 Å². The topological polar surface area (TPSA) is 26.0 Å². The summed E-state index contributed by atoms with van der Waals surface area (Å²) in [4.78, 5) is 0. The standard InChI is InChI=1S/C12H14ClF4N/c1-2-3-4-10(18)8-5-7(12(15,16)17)6-9(13)11(8)14/h5-6,10H,2-4,18H2,1H3/t10-/m1/s1. The van der Waals surface area contributed by atoms with Gasteiger partial charge in [-0.3, -0.25) is 0 Å².